The van der Waals surface area contributed by atoms with Gasteiger partial charge in [0.1, 0.15) is 13.5 Å². The zero-order chi connectivity index (χ0) is 13.8. The molecule has 4 N–H and O–H groups in total. The lowest BCUT2D eigenvalue weighted by atomic mass is 10.3. The summed E-state index contributed by atoms with van der Waals surface area (Å²) < 4.78 is 29.6. The molecule has 0 saturated carbocycles. The van der Waals surface area contributed by atoms with Crippen LogP contribution in [0.3, 0.4) is 0 Å². The maximum Gasteiger partial charge on any atom is 0.470 e. The van der Waals surface area contributed by atoms with Gasteiger partial charge in [0.2, 0.25) is 0 Å². The Labute approximate surface area is 104 Å². The molecule has 12 heteroatoms. The SMILES string of the molecule is O=P(O)(O)OCN1CCN(COP(=O)(O)O)CC1. The van der Waals surface area contributed by atoms with Gasteiger partial charge in [-0.05, 0) is 0 Å². The zero-order valence-electron chi connectivity index (χ0n) is 9.45. The molecule has 1 fully saturated rings. The Hall–Kier alpha value is 0.140. The number of nitrogens with zero attached hydrogens (tertiary/aromatic N) is 2. The molecule has 0 aliphatic carbocycles. The van der Waals surface area contributed by atoms with E-state index >= 15 is 0 Å². The van der Waals surface area contributed by atoms with Crippen LogP contribution in [0.4, 0.5) is 0 Å². The second-order valence-electron chi connectivity index (χ2n) is 3.73. The lowest BCUT2D eigenvalue weighted by Crippen LogP contribution is -2.47. The normalized spacial score (nSPS) is 20.2. The monoisotopic (exact) mass is 306 g/mol. The highest BCUT2D eigenvalue weighted by molar-refractivity contribution is 7.46. The first kappa shape index (κ1) is 16.2. The van der Waals surface area contributed by atoms with Crippen molar-refractivity contribution in [3.63, 3.8) is 0 Å². The second kappa shape index (κ2) is 6.53. The fourth-order valence-electron chi connectivity index (χ4n) is 1.36. The van der Waals surface area contributed by atoms with Crippen LogP contribution in [0.5, 0.6) is 0 Å². The van der Waals surface area contributed by atoms with Crippen LogP contribution in [-0.2, 0) is 18.2 Å². The van der Waals surface area contributed by atoms with E-state index in [0.717, 1.165) is 0 Å². The van der Waals surface area contributed by atoms with Crippen molar-refractivity contribution in [3.8, 4) is 0 Å². The van der Waals surface area contributed by atoms with Gasteiger partial charge in [-0.3, -0.25) is 18.8 Å². The van der Waals surface area contributed by atoms with Gasteiger partial charge in [0, 0.05) is 26.2 Å². The van der Waals surface area contributed by atoms with Gasteiger partial charge in [0.15, 0.2) is 0 Å². The first-order chi connectivity index (χ1) is 8.16. The molecule has 108 valence electrons. The summed E-state index contributed by atoms with van der Waals surface area (Å²) >= 11 is 0. The third kappa shape index (κ3) is 7.55. The van der Waals surface area contributed by atoms with Crippen LogP contribution in [0, 0.1) is 0 Å². The summed E-state index contributed by atoms with van der Waals surface area (Å²) in [7, 11) is -8.93. The van der Waals surface area contributed by atoms with Crippen LogP contribution in [0.15, 0.2) is 0 Å². The van der Waals surface area contributed by atoms with E-state index in [1.807, 2.05) is 0 Å². The van der Waals surface area contributed by atoms with E-state index < -0.39 is 15.6 Å². The van der Waals surface area contributed by atoms with Gasteiger partial charge < -0.3 is 19.6 Å². The number of piperazine rings is 1. The summed E-state index contributed by atoms with van der Waals surface area (Å²) in [5, 5.41) is 0. The van der Waals surface area contributed by atoms with Crippen molar-refractivity contribution in [2.75, 3.05) is 39.6 Å². The molecule has 0 aromatic rings. The largest absolute Gasteiger partial charge is 0.470 e. The van der Waals surface area contributed by atoms with Crippen molar-refractivity contribution in [2.45, 2.75) is 0 Å². The minimum Gasteiger partial charge on any atom is -0.303 e. The molecule has 1 saturated heterocycles. The molecular weight excluding hydrogens is 290 g/mol. The van der Waals surface area contributed by atoms with E-state index in [1.165, 1.54) is 0 Å². The number of phosphoric ester groups is 2. The molecule has 0 atom stereocenters. The van der Waals surface area contributed by atoms with Crippen LogP contribution in [0.2, 0.25) is 0 Å². The van der Waals surface area contributed by atoms with Gasteiger partial charge in [-0.15, -0.1) is 0 Å². The molecule has 0 radical (unpaired) electrons. The van der Waals surface area contributed by atoms with E-state index in [9.17, 15) is 9.13 Å². The molecule has 10 nitrogen and oxygen atoms in total. The highest BCUT2D eigenvalue weighted by Crippen LogP contribution is 2.36. The lowest BCUT2D eigenvalue weighted by Gasteiger charge is -2.33. The van der Waals surface area contributed by atoms with Crippen LogP contribution in [0.25, 0.3) is 0 Å². The van der Waals surface area contributed by atoms with Gasteiger partial charge >= 0.3 is 15.6 Å². The maximum atomic E-state index is 10.5. The Morgan fingerprint density at radius 1 is 0.778 bits per heavy atom. The summed E-state index contributed by atoms with van der Waals surface area (Å²) in [5.41, 5.74) is 0. The molecule has 18 heavy (non-hydrogen) atoms. The molecule has 0 aromatic heterocycles. The topological polar surface area (TPSA) is 140 Å². The summed E-state index contributed by atoms with van der Waals surface area (Å²) in [6.07, 6.45) is 0. The highest BCUT2D eigenvalue weighted by Gasteiger charge is 2.22. The highest BCUT2D eigenvalue weighted by atomic mass is 31.2. The Kier molecular flexibility index (Phi) is 5.88. The fourth-order valence-corrected chi connectivity index (χ4v) is 1.99. The van der Waals surface area contributed by atoms with Crippen molar-refractivity contribution in [1.82, 2.24) is 9.80 Å². The van der Waals surface area contributed by atoms with Crippen molar-refractivity contribution < 1.29 is 37.8 Å². The van der Waals surface area contributed by atoms with Gasteiger partial charge in [0.25, 0.3) is 0 Å². The number of rotatable bonds is 6. The summed E-state index contributed by atoms with van der Waals surface area (Å²) in [4.78, 5) is 37.4. The molecule has 1 aliphatic rings. The molecule has 0 unspecified atom stereocenters. The molecule has 0 bridgehead atoms. The molecule has 1 heterocycles. The smallest absolute Gasteiger partial charge is 0.303 e. The summed E-state index contributed by atoms with van der Waals surface area (Å²) in [6.45, 7) is 1.49. The van der Waals surface area contributed by atoms with Crippen LogP contribution in [-0.4, -0.2) is 69.0 Å². The quantitative estimate of drug-likeness (QED) is 0.439. The molecular formula is C6H16N2O8P2. The van der Waals surface area contributed by atoms with E-state index in [4.69, 9.17) is 19.6 Å². The predicted octanol–water partition coefficient (Wildman–Crippen LogP) is -1.26. The van der Waals surface area contributed by atoms with Crippen LogP contribution in [0.1, 0.15) is 0 Å². The van der Waals surface area contributed by atoms with Crippen molar-refractivity contribution in [2.24, 2.45) is 0 Å². The number of phosphoric acid groups is 2. The molecule has 0 amide bonds. The average Bonchev–Trinajstić information content (AvgIpc) is 2.23. The Morgan fingerprint density at radius 2 is 1.06 bits per heavy atom. The Balaban J connectivity index is 2.21. The molecule has 0 spiro atoms. The predicted molar refractivity (Wildman–Crippen MR) is 59.1 cm³/mol. The molecule has 1 rings (SSSR count). The van der Waals surface area contributed by atoms with Crippen molar-refractivity contribution in [1.29, 1.82) is 0 Å². The van der Waals surface area contributed by atoms with Crippen LogP contribution < -0.4 is 0 Å². The molecule has 1 aliphatic heterocycles. The minimum atomic E-state index is -4.47. The summed E-state index contributed by atoms with van der Waals surface area (Å²) in [6, 6.07) is 0. The van der Waals surface area contributed by atoms with E-state index in [1.54, 1.807) is 9.80 Å². The van der Waals surface area contributed by atoms with Gasteiger partial charge in [-0.2, -0.15) is 0 Å². The first-order valence-corrected chi connectivity index (χ1v) is 8.07. The third-order valence-electron chi connectivity index (χ3n) is 2.28. The first-order valence-electron chi connectivity index (χ1n) is 5.01. The number of hydrogen-bond acceptors (Lipinski definition) is 6. The maximum absolute atomic E-state index is 10.5. The third-order valence-corrected chi connectivity index (χ3v) is 3.19. The average molecular weight is 306 g/mol. The van der Waals surface area contributed by atoms with Gasteiger partial charge in [-0.25, -0.2) is 9.13 Å². The Bertz CT molecular complexity index is 311. The lowest BCUT2D eigenvalue weighted by molar-refractivity contribution is 0.0161. The Morgan fingerprint density at radius 3 is 1.28 bits per heavy atom. The van der Waals surface area contributed by atoms with Crippen molar-refractivity contribution in [3.05, 3.63) is 0 Å². The minimum absolute atomic E-state index is 0.183. The van der Waals surface area contributed by atoms with Gasteiger partial charge in [-0.1, -0.05) is 0 Å². The number of hydrogen-bond donors (Lipinski definition) is 4. The second-order valence-corrected chi connectivity index (χ2v) is 6.21. The molecule has 0 aromatic carbocycles. The van der Waals surface area contributed by atoms with E-state index in [0.29, 0.717) is 26.2 Å². The van der Waals surface area contributed by atoms with E-state index in [-0.39, 0.29) is 13.5 Å². The van der Waals surface area contributed by atoms with Crippen molar-refractivity contribution >= 4 is 15.6 Å². The zero-order valence-corrected chi connectivity index (χ0v) is 11.2. The van der Waals surface area contributed by atoms with Gasteiger partial charge in [0.05, 0.1) is 0 Å². The fraction of sp³-hybridized carbons (Fsp3) is 1.00. The van der Waals surface area contributed by atoms with Crippen LogP contribution >= 0.6 is 15.6 Å². The summed E-state index contributed by atoms with van der Waals surface area (Å²) in [5.74, 6) is 0. The standard InChI is InChI=1S/C6H16N2O8P2/c9-17(10,11)15-5-7-1-2-8(4-3-7)6-16-18(12,13)14/h1-6H2,(H2,9,10,11)(H2,12,13,14). The van der Waals surface area contributed by atoms with E-state index in [2.05, 4.69) is 9.05 Å².